The number of aromatic amines is 1. The Morgan fingerprint density at radius 2 is 1.69 bits per heavy atom. The first-order valence-electron chi connectivity index (χ1n) is 11.1. The lowest BCUT2D eigenvalue weighted by Gasteiger charge is -2.27. The molecular weight excluding hydrogens is 417 g/mol. The summed E-state index contributed by atoms with van der Waals surface area (Å²) < 4.78 is 39.4. The van der Waals surface area contributed by atoms with Crippen LogP contribution < -0.4 is 5.32 Å². The van der Waals surface area contributed by atoms with Crippen LogP contribution in [0.5, 0.6) is 0 Å². The van der Waals surface area contributed by atoms with E-state index in [1.54, 1.807) is 18.2 Å². The van der Waals surface area contributed by atoms with E-state index < -0.39 is 17.2 Å². The molecule has 0 spiro atoms. The minimum Gasteiger partial charge on any atom is -0.388 e. The van der Waals surface area contributed by atoms with E-state index in [4.69, 9.17) is 0 Å². The third-order valence-corrected chi connectivity index (χ3v) is 6.40. The molecule has 0 aliphatic heterocycles. The van der Waals surface area contributed by atoms with Gasteiger partial charge < -0.3 is 15.4 Å². The third-order valence-electron chi connectivity index (χ3n) is 6.40. The molecule has 0 radical (unpaired) electrons. The van der Waals surface area contributed by atoms with E-state index in [9.17, 15) is 23.1 Å². The van der Waals surface area contributed by atoms with Crippen LogP contribution in [0.2, 0.25) is 0 Å². The summed E-state index contributed by atoms with van der Waals surface area (Å²) in [6, 6.07) is 9.50. The molecule has 2 fully saturated rings. The zero-order valence-electron chi connectivity index (χ0n) is 17.8. The molecule has 0 saturated heterocycles. The fourth-order valence-electron chi connectivity index (χ4n) is 4.23. The largest absolute Gasteiger partial charge is 0.388 e. The van der Waals surface area contributed by atoms with Gasteiger partial charge in [-0.2, -0.15) is 0 Å². The molecule has 4 nitrogen and oxygen atoms in total. The fourth-order valence-corrected chi connectivity index (χ4v) is 4.23. The van der Waals surface area contributed by atoms with Crippen LogP contribution in [0.4, 0.5) is 13.2 Å². The van der Waals surface area contributed by atoms with Crippen LogP contribution in [0, 0.1) is 23.4 Å². The maximum absolute atomic E-state index is 13.5. The second-order valence-electron chi connectivity index (χ2n) is 8.82. The Morgan fingerprint density at radius 1 is 1.00 bits per heavy atom. The number of hydrogen-bond acceptors (Lipinski definition) is 2. The number of nitrogens with one attached hydrogen (secondary N) is 2. The minimum absolute atomic E-state index is 0.150. The minimum atomic E-state index is -0.640. The molecule has 3 N–H and O–H groups in total. The van der Waals surface area contributed by atoms with Gasteiger partial charge in [-0.25, -0.2) is 13.2 Å². The number of hydrogen-bond donors (Lipinski definition) is 3. The number of aliphatic hydroxyl groups is 1. The van der Waals surface area contributed by atoms with Crippen molar-refractivity contribution in [2.75, 3.05) is 6.54 Å². The molecule has 1 aromatic heterocycles. The average Bonchev–Trinajstić information content (AvgIpc) is 3.33. The Bertz CT molecular complexity index is 1080. The molecule has 5 rings (SSSR count). The number of benzene rings is 2. The van der Waals surface area contributed by atoms with Gasteiger partial charge in [-0.1, -0.05) is 19.3 Å². The van der Waals surface area contributed by atoms with Gasteiger partial charge in [-0.05, 0) is 67.6 Å². The van der Waals surface area contributed by atoms with Crippen molar-refractivity contribution in [3.8, 4) is 11.3 Å². The molecule has 0 unspecified atom stereocenters. The first kappa shape index (κ1) is 22.4. The van der Waals surface area contributed by atoms with Gasteiger partial charge in [0, 0.05) is 29.6 Å². The van der Waals surface area contributed by atoms with Crippen LogP contribution in [0.3, 0.4) is 0 Å². The van der Waals surface area contributed by atoms with E-state index in [2.05, 4.69) is 10.3 Å². The smallest absolute Gasteiger partial charge is 0.223 e. The monoisotopic (exact) mass is 444 g/mol. The molecule has 1 heterocycles. The summed E-state index contributed by atoms with van der Waals surface area (Å²) in [5.74, 6) is -1.22. The number of H-pyrrole nitrogens is 1. The number of amides is 1. The fraction of sp³-hybridized carbons (Fsp3) is 0.400. The van der Waals surface area contributed by atoms with E-state index in [-0.39, 0.29) is 23.2 Å². The van der Waals surface area contributed by atoms with E-state index in [1.807, 2.05) is 0 Å². The van der Waals surface area contributed by atoms with E-state index in [1.165, 1.54) is 24.6 Å². The molecule has 1 amide bonds. The van der Waals surface area contributed by atoms with Crippen molar-refractivity contribution >= 4 is 16.8 Å². The molecule has 2 saturated carbocycles. The first-order chi connectivity index (χ1) is 15.3. The molecule has 0 bridgehead atoms. The average molecular weight is 444 g/mol. The van der Waals surface area contributed by atoms with Gasteiger partial charge >= 0.3 is 0 Å². The molecule has 32 heavy (non-hydrogen) atoms. The van der Waals surface area contributed by atoms with Crippen LogP contribution in [0.1, 0.15) is 44.9 Å². The highest BCUT2D eigenvalue weighted by Crippen LogP contribution is 2.30. The maximum atomic E-state index is 13.5. The standard InChI is InChI=1S/C14H8F3N.C11H19NO2/c15-10-3-1-8(2-4-10)13-6-9-5-11(16)7-12(17)14(9)18-13;13-10(9-4-3-5-9)12-8-11(14)6-1-2-7-11/h1-7,18H;9,14H,1-8H2,(H,12,13). The van der Waals surface area contributed by atoms with Gasteiger partial charge in [0.1, 0.15) is 17.5 Å². The number of fused-ring (bicyclic) bond motifs is 1. The summed E-state index contributed by atoms with van der Waals surface area (Å²) in [5, 5.41) is 13.3. The van der Waals surface area contributed by atoms with Crippen molar-refractivity contribution in [3.05, 3.63) is 59.9 Å². The Labute approximate surface area is 184 Å². The van der Waals surface area contributed by atoms with Crippen LogP contribution in [0.25, 0.3) is 22.2 Å². The second-order valence-corrected chi connectivity index (χ2v) is 8.82. The molecule has 170 valence electrons. The second kappa shape index (κ2) is 9.36. The summed E-state index contributed by atoms with van der Waals surface area (Å²) in [6.45, 7) is 0.461. The van der Waals surface area contributed by atoms with Crippen molar-refractivity contribution in [1.82, 2.24) is 10.3 Å². The Kier molecular flexibility index (Phi) is 6.55. The topological polar surface area (TPSA) is 65.1 Å². The molecule has 3 aromatic rings. The SMILES string of the molecule is Fc1ccc(-c2cc3cc(F)cc(F)c3[nH]2)cc1.O=C(NCC1(O)CCCC1)C1CCC1. The Hall–Kier alpha value is -2.80. The molecular formula is C25H27F3N2O2. The van der Waals surface area contributed by atoms with Crippen molar-refractivity contribution in [1.29, 1.82) is 0 Å². The van der Waals surface area contributed by atoms with Crippen molar-refractivity contribution in [2.45, 2.75) is 50.5 Å². The van der Waals surface area contributed by atoms with E-state index in [0.29, 0.717) is 23.2 Å². The van der Waals surface area contributed by atoms with Crippen LogP contribution in [0.15, 0.2) is 42.5 Å². The quantitative estimate of drug-likeness (QED) is 0.500. The maximum Gasteiger partial charge on any atom is 0.223 e. The lowest BCUT2D eigenvalue weighted by molar-refractivity contribution is -0.128. The number of rotatable bonds is 4. The molecule has 7 heteroatoms. The number of carbonyl (C=O) groups excluding carboxylic acids is 1. The molecule has 0 atom stereocenters. The molecule has 2 aliphatic rings. The van der Waals surface area contributed by atoms with E-state index in [0.717, 1.165) is 44.6 Å². The first-order valence-corrected chi connectivity index (χ1v) is 11.1. The lowest BCUT2D eigenvalue weighted by Crippen LogP contribution is -2.44. The van der Waals surface area contributed by atoms with Gasteiger partial charge in [-0.3, -0.25) is 4.79 Å². The van der Waals surface area contributed by atoms with Gasteiger partial charge in [-0.15, -0.1) is 0 Å². The Morgan fingerprint density at radius 3 is 2.31 bits per heavy atom. The van der Waals surface area contributed by atoms with Crippen molar-refractivity contribution in [2.24, 2.45) is 5.92 Å². The van der Waals surface area contributed by atoms with Gasteiger partial charge in [0.25, 0.3) is 0 Å². The van der Waals surface area contributed by atoms with Crippen LogP contribution in [-0.2, 0) is 4.79 Å². The van der Waals surface area contributed by atoms with Crippen molar-refractivity contribution < 1.29 is 23.1 Å². The normalized spacial score (nSPS) is 17.5. The van der Waals surface area contributed by atoms with Crippen LogP contribution >= 0.6 is 0 Å². The number of halogens is 3. The summed E-state index contributed by atoms with van der Waals surface area (Å²) in [4.78, 5) is 14.4. The van der Waals surface area contributed by atoms with Gasteiger partial charge in [0.15, 0.2) is 0 Å². The predicted molar refractivity (Wildman–Crippen MR) is 117 cm³/mol. The summed E-state index contributed by atoms with van der Waals surface area (Å²) in [7, 11) is 0. The highest BCUT2D eigenvalue weighted by molar-refractivity contribution is 5.86. The highest BCUT2D eigenvalue weighted by atomic mass is 19.1. The summed E-state index contributed by atoms with van der Waals surface area (Å²) >= 11 is 0. The molecule has 2 aromatic carbocycles. The predicted octanol–water partition coefficient (Wildman–Crippen LogP) is 5.46. The zero-order chi connectivity index (χ0) is 22.7. The third kappa shape index (κ3) is 5.15. The van der Waals surface area contributed by atoms with Gasteiger partial charge in [0.2, 0.25) is 5.91 Å². The summed E-state index contributed by atoms with van der Waals surface area (Å²) in [6.07, 6.45) is 7.12. The van der Waals surface area contributed by atoms with Gasteiger partial charge in [0.05, 0.1) is 11.1 Å². The molecule has 2 aliphatic carbocycles. The lowest BCUT2D eigenvalue weighted by atomic mass is 9.84. The number of carbonyl (C=O) groups is 1. The number of aromatic nitrogens is 1. The van der Waals surface area contributed by atoms with Crippen LogP contribution in [-0.4, -0.2) is 28.1 Å². The summed E-state index contributed by atoms with van der Waals surface area (Å²) in [5.41, 5.74) is 0.983. The zero-order valence-corrected chi connectivity index (χ0v) is 17.8. The highest BCUT2D eigenvalue weighted by Gasteiger charge is 2.33. The van der Waals surface area contributed by atoms with Crippen molar-refractivity contribution in [3.63, 3.8) is 0 Å². The van der Waals surface area contributed by atoms with E-state index >= 15 is 0 Å². The Balaban J connectivity index is 0.000000158.